The van der Waals surface area contributed by atoms with Gasteiger partial charge in [-0.2, -0.15) is 5.10 Å². The Balaban J connectivity index is 1.53. The van der Waals surface area contributed by atoms with Crippen LogP contribution in [0.25, 0.3) is 0 Å². The summed E-state index contributed by atoms with van der Waals surface area (Å²) in [5.74, 6) is 1.43. The lowest BCUT2D eigenvalue weighted by molar-refractivity contribution is -0.134. The monoisotopic (exact) mass is 397 g/mol. The van der Waals surface area contributed by atoms with E-state index in [-0.39, 0.29) is 18.5 Å². The van der Waals surface area contributed by atoms with Crippen LogP contribution in [-0.2, 0) is 11.3 Å². The van der Waals surface area contributed by atoms with Gasteiger partial charge in [0.15, 0.2) is 0 Å². The summed E-state index contributed by atoms with van der Waals surface area (Å²) in [7, 11) is 1.88. The first-order chi connectivity index (χ1) is 13.6. The van der Waals surface area contributed by atoms with Crippen LogP contribution >= 0.6 is 11.6 Å². The van der Waals surface area contributed by atoms with Crippen molar-refractivity contribution in [2.75, 3.05) is 13.6 Å². The van der Waals surface area contributed by atoms with Gasteiger partial charge in [0.05, 0.1) is 31.3 Å². The fourth-order valence-electron chi connectivity index (χ4n) is 3.29. The van der Waals surface area contributed by atoms with Gasteiger partial charge in [-0.3, -0.25) is 9.69 Å². The molecule has 0 saturated carbocycles. The predicted molar refractivity (Wildman–Crippen MR) is 106 cm³/mol. The van der Waals surface area contributed by atoms with Gasteiger partial charge in [0, 0.05) is 11.4 Å². The maximum absolute atomic E-state index is 13.0. The Morgan fingerprint density at radius 1 is 1.18 bits per heavy atom. The van der Waals surface area contributed by atoms with E-state index < -0.39 is 0 Å². The average molecular weight is 398 g/mol. The molecule has 3 aromatic rings. The number of carbonyl (C=O) groups is 1. The summed E-state index contributed by atoms with van der Waals surface area (Å²) in [5.41, 5.74) is 1.78. The second-order valence-corrected chi connectivity index (χ2v) is 7.22. The number of carbonyl (C=O) groups excluding carboxylic acids is 1. The molecular formula is C21H20ClN3O3. The van der Waals surface area contributed by atoms with Crippen molar-refractivity contribution in [2.24, 2.45) is 5.10 Å². The lowest BCUT2D eigenvalue weighted by Gasteiger charge is -2.22. The highest BCUT2D eigenvalue weighted by Gasteiger charge is 2.35. The van der Waals surface area contributed by atoms with E-state index in [1.54, 1.807) is 12.5 Å². The minimum atomic E-state index is -0.259. The molecule has 1 atom stereocenters. The minimum Gasteiger partial charge on any atom is -0.468 e. The van der Waals surface area contributed by atoms with Crippen molar-refractivity contribution in [3.05, 3.63) is 83.2 Å². The minimum absolute atomic E-state index is 0.0978. The maximum atomic E-state index is 13.0. The smallest absolute Gasteiger partial charge is 0.257 e. The van der Waals surface area contributed by atoms with Crippen molar-refractivity contribution in [3.63, 3.8) is 0 Å². The molecule has 0 spiro atoms. The molecule has 1 aliphatic rings. The molecule has 0 N–H and O–H groups in total. The van der Waals surface area contributed by atoms with E-state index in [0.29, 0.717) is 18.0 Å². The molecule has 7 heteroatoms. The number of benzene rings is 1. The first-order valence-electron chi connectivity index (χ1n) is 9.00. The summed E-state index contributed by atoms with van der Waals surface area (Å²) in [6.45, 7) is 0.765. The van der Waals surface area contributed by atoms with Crippen molar-refractivity contribution < 1.29 is 13.6 Å². The molecule has 6 nitrogen and oxygen atoms in total. The molecule has 0 fully saturated rings. The molecule has 144 valence electrons. The summed E-state index contributed by atoms with van der Waals surface area (Å²) >= 11 is 5.99. The van der Waals surface area contributed by atoms with E-state index in [4.69, 9.17) is 20.4 Å². The van der Waals surface area contributed by atoms with Crippen LogP contribution in [0.1, 0.15) is 29.5 Å². The van der Waals surface area contributed by atoms with Gasteiger partial charge >= 0.3 is 0 Å². The highest BCUT2D eigenvalue weighted by atomic mass is 35.5. The molecule has 3 heterocycles. The van der Waals surface area contributed by atoms with Gasteiger partial charge in [0.2, 0.25) is 0 Å². The van der Waals surface area contributed by atoms with Crippen molar-refractivity contribution in [1.82, 2.24) is 9.91 Å². The molecule has 0 radical (unpaired) electrons. The number of furan rings is 2. The highest BCUT2D eigenvalue weighted by molar-refractivity contribution is 6.30. The average Bonchev–Trinajstić information content (AvgIpc) is 3.43. The first-order valence-corrected chi connectivity index (χ1v) is 9.38. The van der Waals surface area contributed by atoms with Crippen LogP contribution in [-0.4, -0.2) is 35.1 Å². The largest absolute Gasteiger partial charge is 0.468 e. The highest BCUT2D eigenvalue weighted by Crippen LogP contribution is 2.33. The number of rotatable bonds is 6. The molecule has 4 rings (SSSR count). The topological polar surface area (TPSA) is 62.2 Å². The quantitative estimate of drug-likeness (QED) is 0.620. The van der Waals surface area contributed by atoms with E-state index in [9.17, 15) is 4.79 Å². The van der Waals surface area contributed by atoms with Crippen LogP contribution in [0.4, 0.5) is 0 Å². The molecule has 0 bridgehead atoms. The third kappa shape index (κ3) is 4.03. The fourth-order valence-corrected chi connectivity index (χ4v) is 3.41. The van der Waals surface area contributed by atoms with Crippen molar-refractivity contribution in [3.8, 4) is 0 Å². The van der Waals surface area contributed by atoms with Gasteiger partial charge in [-0.1, -0.05) is 23.7 Å². The number of hydrazone groups is 1. The fraction of sp³-hybridized carbons (Fsp3) is 0.238. The molecule has 0 aliphatic carbocycles. The van der Waals surface area contributed by atoms with Gasteiger partial charge in [-0.25, -0.2) is 5.01 Å². The van der Waals surface area contributed by atoms with E-state index in [2.05, 4.69) is 5.10 Å². The first kappa shape index (κ1) is 18.5. The van der Waals surface area contributed by atoms with E-state index >= 15 is 0 Å². The Labute approximate surface area is 168 Å². The lowest BCUT2D eigenvalue weighted by Crippen LogP contribution is -2.36. The number of halogens is 1. The number of likely N-dealkylation sites (N-methyl/N-ethyl adjacent to an activating group) is 1. The number of amides is 1. The van der Waals surface area contributed by atoms with E-state index in [1.807, 2.05) is 60.5 Å². The van der Waals surface area contributed by atoms with Crippen molar-refractivity contribution in [1.29, 1.82) is 0 Å². The zero-order chi connectivity index (χ0) is 19.5. The Morgan fingerprint density at radius 2 is 1.93 bits per heavy atom. The van der Waals surface area contributed by atoms with Gasteiger partial charge in [0.25, 0.3) is 5.91 Å². The molecule has 0 saturated heterocycles. The maximum Gasteiger partial charge on any atom is 0.257 e. The normalized spacial score (nSPS) is 16.6. The Hall–Kier alpha value is -2.83. The van der Waals surface area contributed by atoms with Gasteiger partial charge in [-0.05, 0) is 49.0 Å². The summed E-state index contributed by atoms with van der Waals surface area (Å²) in [6.07, 6.45) is 3.82. The zero-order valence-corrected chi connectivity index (χ0v) is 16.2. The molecular weight excluding hydrogens is 378 g/mol. The molecule has 2 aromatic heterocycles. The summed E-state index contributed by atoms with van der Waals surface area (Å²) < 4.78 is 10.9. The Bertz CT molecular complexity index is 949. The number of nitrogens with zero attached hydrogens (tertiary/aromatic N) is 3. The summed E-state index contributed by atoms with van der Waals surface area (Å²) in [4.78, 5) is 14.9. The van der Waals surface area contributed by atoms with Crippen LogP contribution in [0.3, 0.4) is 0 Å². The standard InChI is InChI=1S/C21H20ClN3O3/c1-24(13-17-4-2-10-27-17)14-21(26)25-19(20-5-3-11-28-20)12-18(23-25)15-6-8-16(22)9-7-15/h2-11,19H,12-14H2,1H3/t19-/m1/s1. The third-order valence-corrected chi connectivity index (χ3v) is 4.88. The Morgan fingerprint density at radius 3 is 2.61 bits per heavy atom. The van der Waals surface area contributed by atoms with Gasteiger partial charge < -0.3 is 8.83 Å². The molecule has 1 amide bonds. The molecule has 0 unspecified atom stereocenters. The van der Waals surface area contributed by atoms with Crippen LogP contribution in [0, 0.1) is 0 Å². The van der Waals surface area contributed by atoms with Crippen molar-refractivity contribution in [2.45, 2.75) is 19.0 Å². The summed E-state index contributed by atoms with van der Waals surface area (Å²) in [5, 5.41) is 6.82. The summed E-state index contributed by atoms with van der Waals surface area (Å²) in [6, 6.07) is 14.6. The predicted octanol–water partition coefficient (Wildman–Crippen LogP) is 4.34. The van der Waals surface area contributed by atoms with Gasteiger partial charge in [0.1, 0.15) is 17.6 Å². The lowest BCUT2D eigenvalue weighted by atomic mass is 10.0. The van der Waals surface area contributed by atoms with E-state index in [0.717, 1.165) is 22.8 Å². The zero-order valence-electron chi connectivity index (χ0n) is 15.4. The van der Waals surface area contributed by atoms with Gasteiger partial charge in [-0.15, -0.1) is 0 Å². The van der Waals surface area contributed by atoms with Crippen molar-refractivity contribution >= 4 is 23.2 Å². The third-order valence-electron chi connectivity index (χ3n) is 4.63. The van der Waals surface area contributed by atoms with Crippen LogP contribution in [0.15, 0.2) is 75.0 Å². The van der Waals surface area contributed by atoms with Crippen LogP contribution in [0.5, 0.6) is 0 Å². The van der Waals surface area contributed by atoms with Crippen LogP contribution in [0.2, 0.25) is 5.02 Å². The number of hydrogen-bond donors (Lipinski definition) is 0. The van der Waals surface area contributed by atoms with E-state index in [1.165, 1.54) is 5.01 Å². The number of hydrogen-bond acceptors (Lipinski definition) is 5. The molecule has 1 aliphatic heterocycles. The SMILES string of the molecule is CN(CC(=O)N1N=C(c2ccc(Cl)cc2)C[C@@H]1c1ccco1)Cc1ccco1. The molecule has 28 heavy (non-hydrogen) atoms. The molecule has 1 aromatic carbocycles. The van der Waals surface area contributed by atoms with Crippen LogP contribution < -0.4 is 0 Å². The second-order valence-electron chi connectivity index (χ2n) is 6.78. The Kier molecular flexibility index (Phi) is 5.32. The second kappa shape index (κ2) is 8.04.